The molecule has 1 rings (SSSR count). The monoisotopic (exact) mass is 302 g/mol. The summed E-state index contributed by atoms with van der Waals surface area (Å²) in [5.74, 6) is 5.61. The molecule has 0 aliphatic rings. The van der Waals surface area contributed by atoms with Crippen molar-refractivity contribution in [3.8, 4) is 0 Å². The second-order valence-corrected chi connectivity index (χ2v) is 5.33. The van der Waals surface area contributed by atoms with Crippen molar-refractivity contribution in [3.05, 3.63) is 15.9 Å². The molecule has 1 atom stereocenters. The number of aromatic nitrogens is 2. The van der Waals surface area contributed by atoms with Crippen molar-refractivity contribution >= 4 is 15.9 Å². The second kappa shape index (κ2) is 7.13. The number of aryl methyl sites for hydroxylation is 2. The third kappa shape index (κ3) is 4.08. The van der Waals surface area contributed by atoms with Gasteiger partial charge in [-0.25, -0.2) is 0 Å². The highest BCUT2D eigenvalue weighted by Gasteiger charge is 2.15. The molecule has 3 N–H and O–H groups in total. The van der Waals surface area contributed by atoms with E-state index in [0.717, 1.165) is 23.0 Å². The number of halogens is 1. The van der Waals surface area contributed by atoms with Gasteiger partial charge in [0.1, 0.15) is 0 Å². The van der Waals surface area contributed by atoms with Crippen molar-refractivity contribution in [2.24, 2.45) is 12.9 Å². The van der Waals surface area contributed by atoms with E-state index in [1.54, 1.807) is 0 Å². The van der Waals surface area contributed by atoms with Gasteiger partial charge in [0, 0.05) is 19.5 Å². The molecule has 0 radical (unpaired) electrons. The van der Waals surface area contributed by atoms with Crippen molar-refractivity contribution in [1.82, 2.24) is 15.2 Å². The van der Waals surface area contributed by atoms with Crippen LogP contribution in [0.25, 0.3) is 0 Å². The summed E-state index contributed by atoms with van der Waals surface area (Å²) in [7, 11) is 1.98. The number of nitrogens with one attached hydrogen (secondary N) is 1. The van der Waals surface area contributed by atoms with Crippen LogP contribution in [-0.4, -0.2) is 15.8 Å². The molecule has 0 bridgehead atoms. The molecule has 0 aliphatic heterocycles. The van der Waals surface area contributed by atoms with Crippen molar-refractivity contribution in [2.75, 3.05) is 0 Å². The number of hydrogen-bond donors (Lipinski definition) is 2. The van der Waals surface area contributed by atoms with Crippen LogP contribution < -0.4 is 11.3 Å². The molecule has 0 spiro atoms. The van der Waals surface area contributed by atoms with E-state index < -0.39 is 0 Å². The minimum Gasteiger partial charge on any atom is -0.271 e. The Bertz CT molecular complexity index is 349. The molecule has 98 valence electrons. The van der Waals surface area contributed by atoms with E-state index in [4.69, 9.17) is 5.84 Å². The first-order valence-electron chi connectivity index (χ1n) is 6.24. The highest BCUT2D eigenvalue weighted by Crippen LogP contribution is 2.22. The molecule has 1 unspecified atom stereocenters. The van der Waals surface area contributed by atoms with Gasteiger partial charge in [0.05, 0.1) is 15.9 Å². The van der Waals surface area contributed by atoms with E-state index in [-0.39, 0.29) is 0 Å². The van der Waals surface area contributed by atoms with Crippen LogP contribution in [0.5, 0.6) is 0 Å². The summed E-state index contributed by atoms with van der Waals surface area (Å²) >= 11 is 3.59. The smallest absolute Gasteiger partial charge is 0.0738 e. The van der Waals surface area contributed by atoms with E-state index in [1.165, 1.54) is 25.0 Å². The van der Waals surface area contributed by atoms with Gasteiger partial charge in [-0.15, -0.1) is 0 Å². The number of nitrogens with two attached hydrogens (primary N) is 1. The molecule has 0 aliphatic carbocycles. The van der Waals surface area contributed by atoms with E-state index in [9.17, 15) is 0 Å². The molecule has 0 fully saturated rings. The zero-order valence-corrected chi connectivity index (χ0v) is 12.5. The van der Waals surface area contributed by atoms with Gasteiger partial charge in [0.15, 0.2) is 0 Å². The van der Waals surface area contributed by atoms with Crippen LogP contribution in [0.1, 0.15) is 44.0 Å². The Kier molecular flexibility index (Phi) is 6.16. The average molecular weight is 303 g/mol. The summed E-state index contributed by atoms with van der Waals surface area (Å²) in [5.41, 5.74) is 5.16. The van der Waals surface area contributed by atoms with Gasteiger partial charge < -0.3 is 0 Å². The Labute approximate surface area is 112 Å². The van der Waals surface area contributed by atoms with Crippen LogP contribution in [-0.2, 0) is 13.5 Å². The third-order valence-corrected chi connectivity index (χ3v) is 4.12. The van der Waals surface area contributed by atoms with Crippen molar-refractivity contribution < 1.29 is 0 Å². The molecule has 1 aromatic rings. The molecule has 4 nitrogen and oxygen atoms in total. The summed E-state index contributed by atoms with van der Waals surface area (Å²) in [5, 5.41) is 4.40. The maximum absolute atomic E-state index is 5.61. The van der Waals surface area contributed by atoms with Crippen molar-refractivity contribution in [2.45, 2.75) is 52.0 Å². The van der Waals surface area contributed by atoms with Gasteiger partial charge in [-0.1, -0.05) is 26.2 Å². The van der Waals surface area contributed by atoms with E-state index >= 15 is 0 Å². The Morgan fingerprint density at radius 3 is 2.65 bits per heavy atom. The first-order chi connectivity index (χ1) is 8.10. The van der Waals surface area contributed by atoms with Gasteiger partial charge in [0.2, 0.25) is 0 Å². The summed E-state index contributed by atoms with van der Waals surface area (Å²) < 4.78 is 3.04. The maximum Gasteiger partial charge on any atom is 0.0738 e. The zero-order chi connectivity index (χ0) is 12.8. The zero-order valence-electron chi connectivity index (χ0n) is 11.0. The first kappa shape index (κ1) is 14.7. The fourth-order valence-electron chi connectivity index (χ4n) is 2.02. The summed E-state index contributed by atoms with van der Waals surface area (Å²) in [6.45, 7) is 4.22. The van der Waals surface area contributed by atoms with E-state index in [1.807, 2.05) is 18.7 Å². The molecule has 0 aromatic carbocycles. The van der Waals surface area contributed by atoms with Gasteiger partial charge in [0.25, 0.3) is 0 Å². The topological polar surface area (TPSA) is 55.9 Å². The Balaban J connectivity index is 2.60. The summed E-state index contributed by atoms with van der Waals surface area (Å²) in [6, 6.07) is 0.327. The number of hydrazine groups is 1. The lowest BCUT2D eigenvalue weighted by atomic mass is 10.0. The fourth-order valence-corrected chi connectivity index (χ4v) is 2.52. The maximum atomic E-state index is 5.61. The van der Waals surface area contributed by atoms with Crippen LogP contribution in [0.3, 0.4) is 0 Å². The first-order valence-corrected chi connectivity index (χ1v) is 7.03. The van der Waals surface area contributed by atoms with Crippen LogP contribution in [0.15, 0.2) is 4.47 Å². The molecular formula is C12H23BrN4. The largest absolute Gasteiger partial charge is 0.271 e. The van der Waals surface area contributed by atoms with Crippen LogP contribution in [0.4, 0.5) is 0 Å². The van der Waals surface area contributed by atoms with Crippen molar-refractivity contribution in [1.29, 1.82) is 0 Å². The normalized spacial score (nSPS) is 13.0. The van der Waals surface area contributed by atoms with Gasteiger partial charge >= 0.3 is 0 Å². The average Bonchev–Trinajstić information content (AvgIpc) is 2.54. The number of nitrogens with zero attached hydrogens (tertiary/aromatic N) is 2. The van der Waals surface area contributed by atoms with E-state index in [2.05, 4.69) is 33.4 Å². The van der Waals surface area contributed by atoms with Gasteiger partial charge in [-0.2, -0.15) is 5.10 Å². The lowest BCUT2D eigenvalue weighted by molar-refractivity contribution is 0.455. The molecule has 1 aromatic heterocycles. The number of rotatable bonds is 7. The predicted molar refractivity (Wildman–Crippen MR) is 74.6 cm³/mol. The van der Waals surface area contributed by atoms with Gasteiger partial charge in [-0.05, 0) is 29.3 Å². The molecule has 5 heteroatoms. The lowest BCUT2D eigenvalue weighted by Gasteiger charge is -2.16. The summed E-state index contributed by atoms with van der Waals surface area (Å²) in [4.78, 5) is 0. The summed E-state index contributed by atoms with van der Waals surface area (Å²) in [6.07, 6.45) is 5.76. The Morgan fingerprint density at radius 2 is 2.18 bits per heavy atom. The highest BCUT2D eigenvalue weighted by molar-refractivity contribution is 9.10. The predicted octanol–water partition coefficient (Wildman–Crippen LogP) is 2.45. The SMILES string of the molecule is CCCCCC(Cc1c(Br)c(C)nn1C)NN. The highest BCUT2D eigenvalue weighted by atomic mass is 79.9. The molecule has 0 amide bonds. The molecule has 17 heavy (non-hydrogen) atoms. The number of unbranched alkanes of at least 4 members (excludes halogenated alkanes) is 2. The molecular weight excluding hydrogens is 280 g/mol. The molecule has 0 saturated carbocycles. The molecule has 1 heterocycles. The Morgan fingerprint density at radius 1 is 1.47 bits per heavy atom. The Hall–Kier alpha value is -0.390. The minimum absolute atomic E-state index is 0.327. The molecule has 0 saturated heterocycles. The fraction of sp³-hybridized carbons (Fsp3) is 0.750. The number of hydrogen-bond acceptors (Lipinski definition) is 3. The second-order valence-electron chi connectivity index (χ2n) is 4.53. The van der Waals surface area contributed by atoms with Gasteiger partial charge in [-0.3, -0.25) is 16.0 Å². The minimum atomic E-state index is 0.327. The van der Waals surface area contributed by atoms with E-state index in [0.29, 0.717) is 6.04 Å². The van der Waals surface area contributed by atoms with Crippen LogP contribution >= 0.6 is 15.9 Å². The standard InChI is InChI=1S/C12H23BrN4/c1-4-5-6-7-10(15-14)8-11-12(13)9(2)16-17(11)3/h10,15H,4-8,14H2,1-3H3. The quantitative estimate of drug-likeness (QED) is 0.462. The van der Waals surface area contributed by atoms with Crippen LogP contribution in [0.2, 0.25) is 0 Å². The van der Waals surface area contributed by atoms with Crippen LogP contribution in [0, 0.1) is 6.92 Å². The lowest BCUT2D eigenvalue weighted by Crippen LogP contribution is -2.37. The van der Waals surface area contributed by atoms with Crippen molar-refractivity contribution in [3.63, 3.8) is 0 Å². The third-order valence-electron chi connectivity index (χ3n) is 3.09.